The third kappa shape index (κ3) is 4.77. The molecule has 2 aromatic carbocycles. The Morgan fingerprint density at radius 3 is 2.55 bits per heavy atom. The van der Waals surface area contributed by atoms with Gasteiger partial charge >= 0.3 is 0 Å². The first kappa shape index (κ1) is 22.9. The average Bonchev–Trinajstić information content (AvgIpc) is 3.36. The van der Waals surface area contributed by atoms with Crippen LogP contribution in [-0.4, -0.2) is 43.5 Å². The van der Waals surface area contributed by atoms with Crippen LogP contribution in [0, 0.1) is 19.7 Å². The molecule has 0 saturated carbocycles. The van der Waals surface area contributed by atoms with E-state index >= 15 is 0 Å². The van der Waals surface area contributed by atoms with Crippen LogP contribution in [0.5, 0.6) is 0 Å². The first-order chi connectivity index (χ1) is 15.9. The number of imidazole rings is 1. The molecule has 2 heterocycles. The monoisotopic (exact) mass is 464 g/mol. The van der Waals surface area contributed by atoms with Crippen molar-refractivity contribution in [2.45, 2.75) is 26.3 Å². The number of carbonyl (C=O) groups is 1. The van der Waals surface area contributed by atoms with Gasteiger partial charge in [-0.25, -0.2) is 14.4 Å². The van der Waals surface area contributed by atoms with E-state index in [9.17, 15) is 14.3 Å². The van der Waals surface area contributed by atoms with Crippen LogP contribution in [-0.2, 0) is 4.79 Å². The standard InChI is InChI=1S/C25H25FN4O2S/c1-16-12-18(4-9-22(16)29-14-17(2)27-15-29)13-21-24(32)30(25(28-21)33-3)23(10-11-31)19-5-7-20(26)8-6-19/h4-9,12-15,23,31H,10-11H2,1-3H3/b21-13-/t23-/m1/s1. The van der Waals surface area contributed by atoms with Crippen molar-refractivity contribution in [3.05, 3.63) is 88.9 Å². The predicted octanol–water partition coefficient (Wildman–Crippen LogP) is 4.65. The number of thioether (sulfide) groups is 1. The molecule has 0 aliphatic carbocycles. The van der Waals surface area contributed by atoms with Crippen molar-refractivity contribution in [1.29, 1.82) is 0 Å². The summed E-state index contributed by atoms with van der Waals surface area (Å²) in [6, 6.07) is 11.5. The number of amidine groups is 1. The van der Waals surface area contributed by atoms with Gasteiger partial charge in [-0.15, -0.1) is 0 Å². The van der Waals surface area contributed by atoms with Gasteiger partial charge in [-0.3, -0.25) is 9.69 Å². The minimum absolute atomic E-state index is 0.110. The molecule has 0 unspecified atom stereocenters. The van der Waals surface area contributed by atoms with Crippen molar-refractivity contribution in [2.75, 3.05) is 12.9 Å². The molecule has 1 amide bonds. The number of hydrogen-bond donors (Lipinski definition) is 1. The molecule has 0 bridgehead atoms. The van der Waals surface area contributed by atoms with Crippen molar-refractivity contribution in [2.24, 2.45) is 4.99 Å². The molecule has 8 heteroatoms. The zero-order valence-electron chi connectivity index (χ0n) is 18.7. The lowest BCUT2D eigenvalue weighted by Gasteiger charge is -2.28. The van der Waals surface area contributed by atoms with Crippen molar-refractivity contribution in [1.82, 2.24) is 14.5 Å². The summed E-state index contributed by atoms with van der Waals surface area (Å²) in [4.78, 5) is 23.8. The van der Waals surface area contributed by atoms with Crippen molar-refractivity contribution >= 4 is 28.9 Å². The summed E-state index contributed by atoms with van der Waals surface area (Å²) in [5.41, 5.74) is 4.94. The van der Waals surface area contributed by atoms with Gasteiger partial charge < -0.3 is 9.67 Å². The summed E-state index contributed by atoms with van der Waals surface area (Å²) in [6.07, 6.45) is 7.69. The Morgan fingerprint density at radius 1 is 1.18 bits per heavy atom. The third-order valence-electron chi connectivity index (χ3n) is 5.53. The maximum absolute atomic E-state index is 13.4. The fourth-order valence-electron chi connectivity index (χ4n) is 3.95. The van der Waals surface area contributed by atoms with Gasteiger partial charge in [0.15, 0.2) is 5.17 Å². The number of halogens is 1. The van der Waals surface area contributed by atoms with E-state index in [1.807, 2.05) is 49.1 Å². The molecule has 33 heavy (non-hydrogen) atoms. The fraction of sp³-hybridized carbons (Fsp3) is 0.240. The number of carbonyl (C=O) groups excluding carboxylic acids is 1. The maximum atomic E-state index is 13.4. The van der Waals surface area contributed by atoms with Gasteiger partial charge in [0, 0.05) is 18.5 Å². The molecule has 1 N–H and O–H groups in total. The van der Waals surface area contributed by atoms with E-state index in [4.69, 9.17) is 0 Å². The number of aromatic nitrogens is 2. The van der Waals surface area contributed by atoms with E-state index in [0.717, 1.165) is 28.1 Å². The molecule has 0 spiro atoms. The number of aliphatic hydroxyl groups is 1. The summed E-state index contributed by atoms with van der Waals surface area (Å²) in [7, 11) is 0. The van der Waals surface area contributed by atoms with Gasteiger partial charge in [-0.05, 0) is 73.6 Å². The van der Waals surface area contributed by atoms with Crippen LogP contribution in [0.2, 0.25) is 0 Å². The summed E-state index contributed by atoms with van der Waals surface area (Å²) in [5.74, 6) is -0.590. The van der Waals surface area contributed by atoms with E-state index in [2.05, 4.69) is 9.98 Å². The van der Waals surface area contributed by atoms with Gasteiger partial charge in [0.2, 0.25) is 0 Å². The van der Waals surface area contributed by atoms with Crippen molar-refractivity contribution in [3.63, 3.8) is 0 Å². The minimum Gasteiger partial charge on any atom is -0.396 e. The van der Waals surface area contributed by atoms with Crippen LogP contribution >= 0.6 is 11.8 Å². The zero-order chi connectivity index (χ0) is 23.5. The Morgan fingerprint density at radius 2 is 1.94 bits per heavy atom. The Balaban J connectivity index is 1.65. The Labute approximate surface area is 196 Å². The number of rotatable bonds is 6. The maximum Gasteiger partial charge on any atom is 0.279 e. The smallest absolute Gasteiger partial charge is 0.279 e. The molecule has 0 radical (unpaired) electrons. The number of aryl methyl sites for hydroxylation is 2. The van der Waals surface area contributed by atoms with Crippen molar-refractivity contribution < 1.29 is 14.3 Å². The Kier molecular flexibility index (Phi) is 6.76. The molecular weight excluding hydrogens is 439 g/mol. The SMILES string of the molecule is CSC1=N/C(=C\c2ccc(-n3cnc(C)c3)c(C)c2)C(=O)N1[C@H](CCO)c1ccc(F)cc1. The van der Waals surface area contributed by atoms with Gasteiger partial charge in [-0.1, -0.05) is 30.0 Å². The van der Waals surface area contributed by atoms with Gasteiger partial charge in [-0.2, -0.15) is 0 Å². The van der Waals surface area contributed by atoms with Crippen molar-refractivity contribution in [3.8, 4) is 5.69 Å². The van der Waals surface area contributed by atoms with E-state index in [1.54, 1.807) is 29.4 Å². The second kappa shape index (κ2) is 9.72. The summed E-state index contributed by atoms with van der Waals surface area (Å²) in [6.45, 7) is 3.85. The molecule has 1 aliphatic heterocycles. The lowest BCUT2D eigenvalue weighted by Crippen LogP contribution is -2.35. The van der Waals surface area contributed by atoms with Crippen LogP contribution in [0.15, 0.2) is 65.7 Å². The topological polar surface area (TPSA) is 70.7 Å². The Bertz CT molecular complexity index is 1230. The first-order valence-electron chi connectivity index (χ1n) is 10.6. The number of hydrogen-bond acceptors (Lipinski definition) is 5. The van der Waals surface area contributed by atoms with Gasteiger partial charge in [0.05, 0.1) is 18.1 Å². The van der Waals surface area contributed by atoms with Crippen LogP contribution in [0.25, 0.3) is 11.8 Å². The van der Waals surface area contributed by atoms with Gasteiger partial charge in [0.1, 0.15) is 11.5 Å². The fourth-order valence-corrected chi connectivity index (χ4v) is 4.55. The minimum atomic E-state index is -0.436. The quantitative estimate of drug-likeness (QED) is 0.539. The predicted molar refractivity (Wildman–Crippen MR) is 130 cm³/mol. The van der Waals surface area contributed by atoms with E-state index in [-0.39, 0.29) is 18.3 Å². The summed E-state index contributed by atoms with van der Waals surface area (Å²) in [5, 5.41) is 10.2. The molecule has 0 saturated heterocycles. The van der Waals surface area contributed by atoms with Crippen LogP contribution in [0.3, 0.4) is 0 Å². The third-order valence-corrected chi connectivity index (χ3v) is 6.18. The van der Waals surface area contributed by atoms with Gasteiger partial charge in [0.25, 0.3) is 5.91 Å². The Hall–Kier alpha value is -3.23. The molecule has 170 valence electrons. The number of amides is 1. The lowest BCUT2D eigenvalue weighted by molar-refractivity contribution is -0.124. The molecule has 6 nitrogen and oxygen atoms in total. The number of aliphatic imine (C=N–C) groups is 1. The highest BCUT2D eigenvalue weighted by Crippen LogP contribution is 2.34. The van der Waals surface area contributed by atoms with E-state index in [0.29, 0.717) is 17.3 Å². The number of benzene rings is 2. The highest BCUT2D eigenvalue weighted by atomic mass is 32.2. The molecule has 3 aromatic rings. The van der Waals surface area contributed by atoms with E-state index in [1.165, 1.54) is 23.9 Å². The summed E-state index contributed by atoms with van der Waals surface area (Å²) >= 11 is 1.36. The molecule has 1 aromatic heterocycles. The van der Waals surface area contributed by atoms with Crippen LogP contribution in [0.4, 0.5) is 4.39 Å². The van der Waals surface area contributed by atoms with Crippen LogP contribution < -0.4 is 0 Å². The highest BCUT2D eigenvalue weighted by molar-refractivity contribution is 8.13. The highest BCUT2D eigenvalue weighted by Gasteiger charge is 2.36. The second-order valence-corrected chi connectivity index (χ2v) is 8.62. The molecule has 4 rings (SSSR count). The number of nitrogens with zero attached hydrogens (tertiary/aromatic N) is 4. The molecule has 1 atom stereocenters. The zero-order valence-corrected chi connectivity index (χ0v) is 19.5. The number of aliphatic hydroxyl groups excluding tert-OH is 1. The van der Waals surface area contributed by atoms with Crippen LogP contribution in [0.1, 0.15) is 34.8 Å². The first-order valence-corrected chi connectivity index (χ1v) is 11.8. The molecular formula is C25H25FN4O2S. The lowest BCUT2D eigenvalue weighted by atomic mass is 10.0. The molecule has 0 fully saturated rings. The molecule has 1 aliphatic rings. The largest absolute Gasteiger partial charge is 0.396 e. The average molecular weight is 465 g/mol. The normalized spacial score (nSPS) is 15.9. The summed E-state index contributed by atoms with van der Waals surface area (Å²) < 4.78 is 15.4. The van der Waals surface area contributed by atoms with E-state index < -0.39 is 6.04 Å². The second-order valence-electron chi connectivity index (χ2n) is 7.85.